The van der Waals surface area contributed by atoms with E-state index in [0.29, 0.717) is 17.2 Å². The van der Waals surface area contributed by atoms with E-state index in [4.69, 9.17) is 4.74 Å². The number of nitrogens with zero attached hydrogens (tertiary/aromatic N) is 2. The molecule has 0 aliphatic carbocycles. The minimum atomic E-state index is -1.32. The van der Waals surface area contributed by atoms with Crippen molar-refractivity contribution in [1.82, 2.24) is 14.5 Å². The summed E-state index contributed by atoms with van der Waals surface area (Å²) in [7, 11) is 0. The molecule has 1 aliphatic rings. The summed E-state index contributed by atoms with van der Waals surface area (Å²) in [6, 6.07) is 15.7. The Hall–Kier alpha value is -3.65. The van der Waals surface area contributed by atoms with Crippen LogP contribution >= 0.6 is 0 Å². The lowest BCUT2D eigenvalue weighted by Crippen LogP contribution is -2.40. The average Bonchev–Trinajstić information content (AvgIpc) is 3.25. The predicted octanol–water partition coefficient (Wildman–Crippen LogP) is 2.61. The molecule has 30 heavy (non-hydrogen) atoms. The molecule has 1 fully saturated rings. The van der Waals surface area contributed by atoms with Crippen LogP contribution < -0.4 is 16.0 Å². The maximum atomic E-state index is 13.1. The van der Waals surface area contributed by atoms with Crippen LogP contribution in [0, 0.1) is 0 Å². The first-order chi connectivity index (χ1) is 14.5. The molecule has 8 heteroatoms. The van der Waals surface area contributed by atoms with Crippen LogP contribution in [0.2, 0.25) is 0 Å². The number of carboxylic acids is 1. The summed E-state index contributed by atoms with van der Waals surface area (Å²) in [5.41, 5.74) is -1.36. The largest absolute Gasteiger partial charge is 0.477 e. The molecule has 2 heterocycles. The summed E-state index contributed by atoms with van der Waals surface area (Å²) < 4.78 is 6.70. The molecule has 0 unspecified atom stereocenters. The van der Waals surface area contributed by atoms with Crippen LogP contribution in [-0.2, 0) is 6.54 Å². The third-order valence-corrected chi connectivity index (χ3v) is 5.07. The van der Waals surface area contributed by atoms with Gasteiger partial charge >= 0.3 is 11.7 Å². The molecule has 0 amide bonds. The van der Waals surface area contributed by atoms with Gasteiger partial charge in [0.1, 0.15) is 17.2 Å². The number of likely N-dealkylation sites (tertiary alicyclic amines) is 1. The molecule has 0 radical (unpaired) electrons. The predicted molar refractivity (Wildman–Crippen MR) is 111 cm³/mol. The molecule has 154 valence electrons. The van der Waals surface area contributed by atoms with Crippen LogP contribution in [0.25, 0.3) is 5.69 Å². The lowest BCUT2D eigenvalue weighted by atomic mass is 10.2. The van der Waals surface area contributed by atoms with Crippen molar-refractivity contribution in [2.45, 2.75) is 19.4 Å². The van der Waals surface area contributed by atoms with Gasteiger partial charge in [0, 0.05) is 6.54 Å². The molecule has 0 saturated carbocycles. The second kappa shape index (κ2) is 8.38. The molecular formula is C22H21N3O5. The van der Waals surface area contributed by atoms with Crippen LogP contribution in [0.3, 0.4) is 0 Å². The zero-order valence-electron chi connectivity index (χ0n) is 16.2. The van der Waals surface area contributed by atoms with E-state index in [9.17, 15) is 19.5 Å². The number of carbonyl (C=O) groups is 1. The van der Waals surface area contributed by atoms with Gasteiger partial charge in [0.05, 0.1) is 11.3 Å². The number of rotatable bonds is 6. The van der Waals surface area contributed by atoms with E-state index >= 15 is 0 Å². The maximum Gasteiger partial charge on any atom is 0.352 e. The highest BCUT2D eigenvalue weighted by molar-refractivity contribution is 5.86. The number of hydrogen-bond acceptors (Lipinski definition) is 5. The van der Waals surface area contributed by atoms with E-state index in [2.05, 4.69) is 4.98 Å². The molecule has 1 aromatic heterocycles. The van der Waals surface area contributed by atoms with Crippen molar-refractivity contribution >= 4 is 5.97 Å². The summed E-state index contributed by atoms with van der Waals surface area (Å²) >= 11 is 0. The third kappa shape index (κ3) is 4.04. The van der Waals surface area contributed by atoms with Gasteiger partial charge < -0.3 is 14.8 Å². The Morgan fingerprint density at radius 2 is 1.60 bits per heavy atom. The Bertz CT molecular complexity index is 1160. The smallest absolute Gasteiger partial charge is 0.352 e. The number of aromatic carboxylic acids is 1. The Kier molecular flexibility index (Phi) is 5.49. The summed E-state index contributed by atoms with van der Waals surface area (Å²) in [4.78, 5) is 41.6. The Morgan fingerprint density at radius 1 is 0.967 bits per heavy atom. The molecule has 0 bridgehead atoms. The minimum absolute atomic E-state index is 0.0774. The first kappa shape index (κ1) is 19.7. The topological polar surface area (TPSA) is 105 Å². The maximum absolute atomic E-state index is 13.1. The average molecular weight is 407 g/mol. The van der Waals surface area contributed by atoms with Crippen molar-refractivity contribution in [2.24, 2.45) is 0 Å². The van der Waals surface area contributed by atoms with Crippen molar-refractivity contribution in [3.05, 3.63) is 86.7 Å². The highest BCUT2D eigenvalue weighted by Gasteiger charge is 2.23. The van der Waals surface area contributed by atoms with E-state index in [1.165, 1.54) is 0 Å². The van der Waals surface area contributed by atoms with E-state index in [1.807, 2.05) is 35.2 Å². The van der Waals surface area contributed by atoms with E-state index in [0.717, 1.165) is 30.5 Å². The lowest BCUT2D eigenvalue weighted by molar-refractivity contribution is 0.0687. The van der Waals surface area contributed by atoms with Gasteiger partial charge in [0.25, 0.3) is 5.56 Å². The molecular weight excluding hydrogens is 386 g/mol. The quantitative estimate of drug-likeness (QED) is 0.651. The van der Waals surface area contributed by atoms with Gasteiger partial charge in [-0.2, -0.15) is 0 Å². The zero-order valence-corrected chi connectivity index (χ0v) is 16.2. The molecule has 2 N–H and O–H groups in total. The molecule has 1 aliphatic heterocycles. The van der Waals surface area contributed by atoms with Gasteiger partial charge in [-0.15, -0.1) is 0 Å². The van der Waals surface area contributed by atoms with E-state index in [-0.39, 0.29) is 17.8 Å². The Labute approximate surface area is 172 Å². The van der Waals surface area contributed by atoms with E-state index < -0.39 is 17.2 Å². The van der Waals surface area contributed by atoms with Gasteiger partial charge in [0.15, 0.2) is 0 Å². The van der Waals surface area contributed by atoms with Crippen molar-refractivity contribution in [3.63, 3.8) is 0 Å². The number of para-hydroxylation sites is 1. The van der Waals surface area contributed by atoms with Gasteiger partial charge in [-0.25, -0.2) is 14.2 Å². The highest BCUT2D eigenvalue weighted by Crippen LogP contribution is 2.22. The first-order valence-corrected chi connectivity index (χ1v) is 9.70. The first-order valence-electron chi connectivity index (χ1n) is 9.70. The molecule has 8 nitrogen and oxygen atoms in total. The standard InChI is InChI=1S/C22H21N3O5/c26-20-18(14-24-12-4-5-13-24)19(21(27)28)23-22(29)25(20)15-8-10-17(11-9-15)30-16-6-2-1-3-7-16/h1-3,6-11H,4-5,12-14H2,(H,23,29)(H,27,28). The van der Waals surface area contributed by atoms with Crippen LogP contribution in [0.5, 0.6) is 11.5 Å². The van der Waals surface area contributed by atoms with Crippen molar-refractivity contribution in [2.75, 3.05) is 13.1 Å². The minimum Gasteiger partial charge on any atom is -0.477 e. The lowest BCUT2D eigenvalue weighted by Gasteiger charge is -2.17. The SMILES string of the molecule is O=C(O)c1[nH]c(=O)n(-c2ccc(Oc3ccccc3)cc2)c(=O)c1CN1CCCC1. The number of benzene rings is 2. The van der Waals surface area contributed by atoms with Crippen LogP contribution in [0.15, 0.2) is 64.2 Å². The second-order valence-corrected chi connectivity index (χ2v) is 7.12. The van der Waals surface area contributed by atoms with Crippen molar-refractivity contribution < 1.29 is 14.6 Å². The normalized spacial score (nSPS) is 14.0. The van der Waals surface area contributed by atoms with Crippen LogP contribution in [0.4, 0.5) is 0 Å². The van der Waals surface area contributed by atoms with Crippen LogP contribution in [0.1, 0.15) is 28.9 Å². The van der Waals surface area contributed by atoms with E-state index in [1.54, 1.807) is 24.3 Å². The molecule has 0 spiro atoms. The fourth-order valence-corrected chi connectivity index (χ4v) is 3.59. The number of ether oxygens (including phenoxy) is 1. The summed E-state index contributed by atoms with van der Waals surface area (Å²) in [6.07, 6.45) is 2.01. The van der Waals surface area contributed by atoms with Gasteiger partial charge in [-0.05, 0) is 62.3 Å². The second-order valence-electron chi connectivity index (χ2n) is 7.12. The number of aromatic nitrogens is 2. The molecule has 3 aromatic rings. The number of hydrogen-bond donors (Lipinski definition) is 2. The summed E-state index contributed by atoms with van der Waals surface area (Å²) in [5.74, 6) is -0.106. The molecule has 0 atom stereocenters. The van der Waals surface area contributed by atoms with Gasteiger partial charge in [0.2, 0.25) is 0 Å². The fourth-order valence-electron chi connectivity index (χ4n) is 3.59. The number of H-pyrrole nitrogens is 1. The monoisotopic (exact) mass is 407 g/mol. The Morgan fingerprint density at radius 3 is 2.23 bits per heavy atom. The summed E-state index contributed by atoms with van der Waals surface area (Å²) in [5, 5.41) is 9.47. The number of nitrogens with one attached hydrogen (secondary N) is 1. The molecule has 4 rings (SSSR count). The number of carboxylic acid groups (broad SMARTS) is 1. The van der Waals surface area contributed by atoms with Gasteiger partial charge in [-0.3, -0.25) is 9.69 Å². The Balaban J connectivity index is 1.70. The van der Waals surface area contributed by atoms with Crippen molar-refractivity contribution in [3.8, 4) is 17.2 Å². The van der Waals surface area contributed by atoms with Crippen LogP contribution in [-0.4, -0.2) is 38.6 Å². The third-order valence-electron chi connectivity index (χ3n) is 5.07. The molecule has 1 saturated heterocycles. The summed E-state index contributed by atoms with van der Waals surface area (Å²) in [6.45, 7) is 1.78. The van der Waals surface area contributed by atoms with Crippen molar-refractivity contribution in [1.29, 1.82) is 0 Å². The van der Waals surface area contributed by atoms with Gasteiger partial charge in [-0.1, -0.05) is 18.2 Å². The molecule has 2 aromatic carbocycles. The zero-order chi connectivity index (χ0) is 21.1. The number of aromatic amines is 1. The fraction of sp³-hybridized carbons (Fsp3) is 0.227. The highest BCUT2D eigenvalue weighted by atomic mass is 16.5.